The highest BCUT2D eigenvalue weighted by molar-refractivity contribution is 5.96. The Kier molecular flexibility index (Phi) is 5.39. The van der Waals surface area contributed by atoms with E-state index in [0.29, 0.717) is 37.3 Å². The maximum atomic E-state index is 13.8. The van der Waals surface area contributed by atoms with Crippen molar-refractivity contribution in [3.8, 4) is 5.75 Å². The first kappa shape index (κ1) is 18.8. The van der Waals surface area contributed by atoms with Gasteiger partial charge in [-0.25, -0.2) is 8.78 Å². The number of aryl methyl sites for hydroxylation is 1. The Bertz CT molecular complexity index is 878. The minimum atomic E-state index is -0.594. The Morgan fingerprint density at radius 1 is 0.852 bits per heavy atom. The van der Waals surface area contributed by atoms with E-state index < -0.39 is 5.82 Å². The zero-order valence-corrected chi connectivity index (χ0v) is 15.2. The van der Waals surface area contributed by atoms with Crippen LogP contribution in [0.1, 0.15) is 26.3 Å². The predicted molar refractivity (Wildman–Crippen MR) is 95.9 cm³/mol. The third-order valence-electron chi connectivity index (χ3n) is 4.66. The molecule has 27 heavy (non-hydrogen) atoms. The second kappa shape index (κ2) is 7.73. The first-order valence-electron chi connectivity index (χ1n) is 8.59. The number of rotatable bonds is 3. The summed E-state index contributed by atoms with van der Waals surface area (Å²) in [5.41, 5.74) is 1.07. The summed E-state index contributed by atoms with van der Waals surface area (Å²) in [6.07, 6.45) is 0. The molecule has 0 aliphatic carbocycles. The third kappa shape index (κ3) is 3.92. The molecule has 1 aliphatic heterocycles. The van der Waals surface area contributed by atoms with E-state index in [1.165, 1.54) is 37.4 Å². The Hall–Kier alpha value is -2.96. The van der Waals surface area contributed by atoms with Crippen molar-refractivity contribution >= 4 is 11.8 Å². The number of ether oxygens (including phenoxy) is 1. The molecule has 0 spiro atoms. The fraction of sp³-hybridized carbons (Fsp3) is 0.300. The lowest BCUT2D eigenvalue weighted by Crippen LogP contribution is -2.50. The van der Waals surface area contributed by atoms with E-state index >= 15 is 0 Å². The SMILES string of the molecule is COc1ccc(C(=O)N2CCN(C(=O)c3ccc(F)c(C)c3)CC2)cc1F. The zero-order chi connectivity index (χ0) is 19.6. The number of carbonyl (C=O) groups excluding carboxylic acids is 2. The van der Waals surface area contributed by atoms with Crippen molar-refractivity contribution in [2.75, 3.05) is 33.3 Å². The molecular weight excluding hydrogens is 354 g/mol. The van der Waals surface area contributed by atoms with Crippen molar-refractivity contribution < 1.29 is 23.1 Å². The van der Waals surface area contributed by atoms with Crippen LogP contribution in [0.15, 0.2) is 36.4 Å². The number of piperazine rings is 1. The van der Waals surface area contributed by atoms with Crippen LogP contribution in [0.25, 0.3) is 0 Å². The second-order valence-corrected chi connectivity index (χ2v) is 6.40. The summed E-state index contributed by atoms with van der Waals surface area (Å²) < 4.78 is 32.1. The number of amides is 2. The number of methoxy groups -OCH3 is 1. The molecule has 1 aliphatic rings. The topological polar surface area (TPSA) is 49.9 Å². The van der Waals surface area contributed by atoms with Crippen LogP contribution in [0.5, 0.6) is 5.75 Å². The van der Waals surface area contributed by atoms with Crippen LogP contribution in [-0.2, 0) is 0 Å². The lowest BCUT2D eigenvalue weighted by Gasteiger charge is -2.35. The van der Waals surface area contributed by atoms with E-state index in [0.717, 1.165) is 6.07 Å². The predicted octanol–water partition coefficient (Wildman–Crippen LogP) is 2.88. The van der Waals surface area contributed by atoms with Gasteiger partial charge in [0.1, 0.15) is 5.82 Å². The standard InChI is InChI=1S/C20H20F2N2O3/c1-13-11-14(3-5-16(13)21)19(25)23-7-9-24(10-8-23)20(26)15-4-6-18(27-2)17(22)12-15/h3-6,11-12H,7-10H2,1-2H3. The Morgan fingerprint density at radius 3 is 1.85 bits per heavy atom. The molecule has 7 heteroatoms. The van der Waals surface area contributed by atoms with Crippen molar-refractivity contribution in [3.05, 3.63) is 64.7 Å². The van der Waals surface area contributed by atoms with Crippen LogP contribution in [0.4, 0.5) is 8.78 Å². The zero-order valence-electron chi connectivity index (χ0n) is 15.2. The summed E-state index contributed by atoms with van der Waals surface area (Å²) in [7, 11) is 1.36. The van der Waals surface area contributed by atoms with Crippen molar-refractivity contribution in [3.63, 3.8) is 0 Å². The number of hydrogen-bond donors (Lipinski definition) is 0. The van der Waals surface area contributed by atoms with Gasteiger partial charge in [-0.3, -0.25) is 9.59 Å². The van der Waals surface area contributed by atoms with Gasteiger partial charge >= 0.3 is 0 Å². The van der Waals surface area contributed by atoms with E-state index in [-0.39, 0.29) is 28.9 Å². The smallest absolute Gasteiger partial charge is 0.254 e. The summed E-state index contributed by atoms with van der Waals surface area (Å²) >= 11 is 0. The Labute approximate surface area is 156 Å². The Morgan fingerprint density at radius 2 is 1.37 bits per heavy atom. The van der Waals surface area contributed by atoms with Gasteiger partial charge in [-0.1, -0.05) is 0 Å². The van der Waals surface area contributed by atoms with Crippen LogP contribution in [0.2, 0.25) is 0 Å². The van der Waals surface area contributed by atoms with Gasteiger partial charge in [-0.05, 0) is 48.9 Å². The number of hydrogen-bond acceptors (Lipinski definition) is 3. The highest BCUT2D eigenvalue weighted by Crippen LogP contribution is 2.20. The molecule has 142 valence electrons. The lowest BCUT2D eigenvalue weighted by atomic mass is 10.1. The summed E-state index contributed by atoms with van der Waals surface area (Å²) in [6.45, 7) is 3.02. The van der Waals surface area contributed by atoms with Gasteiger partial charge in [0.05, 0.1) is 7.11 Å². The monoisotopic (exact) mass is 374 g/mol. The van der Waals surface area contributed by atoms with Crippen molar-refractivity contribution in [2.45, 2.75) is 6.92 Å². The van der Waals surface area contributed by atoms with Gasteiger partial charge in [0.25, 0.3) is 11.8 Å². The molecule has 0 atom stereocenters. The van der Waals surface area contributed by atoms with Crippen LogP contribution < -0.4 is 4.74 Å². The fourth-order valence-corrected chi connectivity index (χ4v) is 3.05. The molecule has 1 heterocycles. The maximum absolute atomic E-state index is 13.8. The van der Waals surface area contributed by atoms with E-state index in [2.05, 4.69) is 0 Å². The quantitative estimate of drug-likeness (QED) is 0.830. The summed E-state index contributed by atoms with van der Waals surface area (Å²) in [5.74, 6) is -1.35. The number of halogens is 2. The minimum Gasteiger partial charge on any atom is -0.494 e. The Balaban J connectivity index is 1.64. The molecular formula is C20H20F2N2O3. The van der Waals surface area contributed by atoms with Gasteiger partial charge in [0.2, 0.25) is 0 Å². The molecule has 3 rings (SSSR count). The van der Waals surface area contributed by atoms with Crippen LogP contribution in [0.3, 0.4) is 0 Å². The molecule has 2 aromatic rings. The average molecular weight is 374 g/mol. The van der Waals surface area contributed by atoms with Crippen molar-refractivity contribution in [2.24, 2.45) is 0 Å². The molecule has 5 nitrogen and oxygen atoms in total. The average Bonchev–Trinajstić information content (AvgIpc) is 2.69. The first-order valence-corrected chi connectivity index (χ1v) is 8.59. The van der Waals surface area contributed by atoms with Gasteiger partial charge in [0, 0.05) is 37.3 Å². The molecule has 0 bridgehead atoms. The van der Waals surface area contributed by atoms with Crippen molar-refractivity contribution in [1.82, 2.24) is 9.80 Å². The molecule has 0 N–H and O–H groups in total. The van der Waals surface area contributed by atoms with Gasteiger partial charge in [0.15, 0.2) is 11.6 Å². The molecule has 2 amide bonds. The summed E-state index contributed by atoms with van der Waals surface area (Å²) in [4.78, 5) is 28.3. The second-order valence-electron chi connectivity index (χ2n) is 6.40. The highest BCUT2D eigenvalue weighted by Gasteiger charge is 2.26. The highest BCUT2D eigenvalue weighted by atomic mass is 19.1. The molecule has 0 unspecified atom stereocenters. The lowest BCUT2D eigenvalue weighted by molar-refractivity contribution is 0.0535. The normalized spacial score (nSPS) is 14.2. The van der Waals surface area contributed by atoms with Crippen molar-refractivity contribution in [1.29, 1.82) is 0 Å². The summed E-state index contributed by atoms with van der Waals surface area (Å²) in [6, 6.07) is 8.35. The number of nitrogens with zero attached hydrogens (tertiary/aromatic N) is 2. The van der Waals surface area contributed by atoms with Crippen LogP contribution >= 0.6 is 0 Å². The van der Waals surface area contributed by atoms with Gasteiger partial charge in [-0.2, -0.15) is 0 Å². The summed E-state index contributed by atoms with van der Waals surface area (Å²) in [5, 5.41) is 0. The van der Waals surface area contributed by atoms with Gasteiger partial charge < -0.3 is 14.5 Å². The van der Waals surface area contributed by atoms with Crippen LogP contribution in [0, 0.1) is 18.6 Å². The van der Waals surface area contributed by atoms with E-state index in [9.17, 15) is 18.4 Å². The molecule has 1 fully saturated rings. The molecule has 2 aromatic carbocycles. The minimum absolute atomic E-state index is 0.0801. The molecule has 0 saturated carbocycles. The van der Waals surface area contributed by atoms with E-state index in [1.54, 1.807) is 16.7 Å². The van der Waals surface area contributed by atoms with E-state index in [4.69, 9.17) is 4.74 Å². The largest absolute Gasteiger partial charge is 0.494 e. The molecule has 1 saturated heterocycles. The number of benzene rings is 2. The molecule has 0 radical (unpaired) electrons. The first-order chi connectivity index (χ1) is 12.9. The fourth-order valence-electron chi connectivity index (χ4n) is 3.05. The maximum Gasteiger partial charge on any atom is 0.254 e. The third-order valence-corrected chi connectivity index (χ3v) is 4.66. The molecule has 0 aromatic heterocycles. The van der Waals surface area contributed by atoms with Gasteiger partial charge in [-0.15, -0.1) is 0 Å². The van der Waals surface area contributed by atoms with Crippen LogP contribution in [-0.4, -0.2) is 54.9 Å². The number of carbonyl (C=O) groups is 2. The van der Waals surface area contributed by atoms with E-state index in [1.807, 2.05) is 0 Å².